The largest absolute Gasteiger partial charge is 0.352 e. The van der Waals surface area contributed by atoms with Crippen molar-refractivity contribution in [3.63, 3.8) is 0 Å². The molecule has 0 saturated carbocycles. The van der Waals surface area contributed by atoms with Crippen molar-refractivity contribution < 1.29 is 9.59 Å². The van der Waals surface area contributed by atoms with Crippen LogP contribution in [0.5, 0.6) is 0 Å². The monoisotopic (exact) mass is 263 g/mol. The van der Waals surface area contributed by atoms with Crippen LogP contribution in [0.15, 0.2) is 24.3 Å². The SMILES string of the molecule is CCCNC(=O)c1ccc(NC(=O)CC(C)N)cc1. The maximum Gasteiger partial charge on any atom is 0.251 e. The molecule has 0 aromatic heterocycles. The van der Waals surface area contributed by atoms with Crippen LogP contribution in [0.25, 0.3) is 0 Å². The molecule has 0 spiro atoms. The number of hydrogen-bond donors (Lipinski definition) is 3. The minimum absolute atomic E-state index is 0.102. The van der Waals surface area contributed by atoms with Crippen molar-refractivity contribution >= 4 is 17.5 Å². The fraction of sp³-hybridized carbons (Fsp3) is 0.429. The molecular weight excluding hydrogens is 242 g/mol. The summed E-state index contributed by atoms with van der Waals surface area (Å²) in [6.45, 7) is 4.43. The Morgan fingerprint density at radius 3 is 2.42 bits per heavy atom. The lowest BCUT2D eigenvalue weighted by Crippen LogP contribution is -2.24. The van der Waals surface area contributed by atoms with Crippen molar-refractivity contribution in [2.24, 2.45) is 5.73 Å². The van der Waals surface area contributed by atoms with Crippen molar-refractivity contribution in [1.29, 1.82) is 0 Å². The Morgan fingerprint density at radius 2 is 1.89 bits per heavy atom. The Bertz CT molecular complexity index is 427. The van der Waals surface area contributed by atoms with Crippen LogP contribution in [0.4, 0.5) is 5.69 Å². The zero-order valence-corrected chi connectivity index (χ0v) is 11.4. The van der Waals surface area contributed by atoms with Crippen LogP contribution < -0.4 is 16.4 Å². The highest BCUT2D eigenvalue weighted by molar-refractivity contribution is 5.95. The quantitative estimate of drug-likeness (QED) is 0.727. The Labute approximate surface area is 113 Å². The van der Waals surface area contributed by atoms with Gasteiger partial charge in [-0.05, 0) is 37.6 Å². The first-order chi connectivity index (χ1) is 9.02. The molecule has 0 saturated heterocycles. The minimum atomic E-state index is -0.168. The van der Waals surface area contributed by atoms with Crippen molar-refractivity contribution in [1.82, 2.24) is 5.32 Å². The van der Waals surface area contributed by atoms with Crippen LogP contribution in [0, 0.1) is 0 Å². The molecule has 1 aromatic rings. The van der Waals surface area contributed by atoms with Crippen LogP contribution in [-0.4, -0.2) is 24.4 Å². The summed E-state index contributed by atoms with van der Waals surface area (Å²) in [7, 11) is 0. The molecule has 1 rings (SSSR count). The van der Waals surface area contributed by atoms with Crippen molar-refractivity contribution in [3.8, 4) is 0 Å². The molecule has 0 bridgehead atoms. The zero-order valence-electron chi connectivity index (χ0n) is 11.4. The third-order valence-electron chi connectivity index (χ3n) is 2.47. The molecule has 0 aliphatic heterocycles. The average molecular weight is 263 g/mol. The molecular formula is C14H21N3O2. The molecule has 0 aliphatic carbocycles. The van der Waals surface area contributed by atoms with Gasteiger partial charge in [-0.3, -0.25) is 9.59 Å². The van der Waals surface area contributed by atoms with E-state index in [2.05, 4.69) is 10.6 Å². The highest BCUT2D eigenvalue weighted by atomic mass is 16.2. The number of amides is 2. The van der Waals surface area contributed by atoms with Gasteiger partial charge in [-0.25, -0.2) is 0 Å². The minimum Gasteiger partial charge on any atom is -0.352 e. The van der Waals surface area contributed by atoms with E-state index in [1.54, 1.807) is 31.2 Å². The fourth-order valence-corrected chi connectivity index (χ4v) is 1.55. The van der Waals surface area contributed by atoms with Gasteiger partial charge in [-0.15, -0.1) is 0 Å². The van der Waals surface area contributed by atoms with Gasteiger partial charge in [0.1, 0.15) is 0 Å². The van der Waals surface area contributed by atoms with Gasteiger partial charge in [0, 0.05) is 30.3 Å². The fourth-order valence-electron chi connectivity index (χ4n) is 1.55. The number of nitrogens with two attached hydrogens (primary N) is 1. The molecule has 4 N–H and O–H groups in total. The number of rotatable bonds is 6. The van der Waals surface area contributed by atoms with E-state index in [1.165, 1.54) is 0 Å². The van der Waals surface area contributed by atoms with E-state index in [9.17, 15) is 9.59 Å². The standard InChI is InChI=1S/C14H21N3O2/c1-3-8-16-14(19)11-4-6-12(7-5-11)17-13(18)9-10(2)15/h4-7,10H,3,8-9,15H2,1-2H3,(H,16,19)(H,17,18). The molecule has 0 fully saturated rings. The lowest BCUT2D eigenvalue weighted by Gasteiger charge is -2.08. The summed E-state index contributed by atoms with van der Waals surface area (Å²) in [5, 5.41) is 5.52. The summed E-state index contributed by atoms with van der Waals surface area (Å²) in [5.41, 5.74) is 6.79. The zero-order chi connectivity index (χ0) is 14.3. The maximum atomic E-state index is 11.7. The maximum absolute atomic E-state index is 11.7. The number of anilines is 1. The third kappa shape index (κ3) is 5.52. The van der Waals surface area contributed by atoms with Crippen molar-refractivity contribution in [2.45, 2.75) is 32.7 Å². The third-order valence-corrected chi connectivity index (χ3v) is 2.47. The normalized spacial score (nSPS) is 11.7. The van der Waals surface area contributed by atoms with E-state index in [0.717, 1.165) is 6.42 Å². The van der Waals surface area contributed by atoms with Gasteiger partial charge in [0.2, 0.25) is 5.91 Å². The summed E-state index contributed by atoms with van der Waals surface area (Å²) < 4.78 is 0. The number of carbonyl (C=O) groups is 2. The summed E-state index contributed by atoms with van der Waals surface area (Å²) in [4.78, 5) is 23.2. The molecule has 0 heterocycles. The lowest BCUT2D eigenvalue weighted by molar-refractivity contribution is -0.116. The Balaban J connectivity index is 2.56. The second kappa shape index (κ2) is 7.53. The van der Waals surface area contributed by atoms with Gasteiger partial charge in [-0.2, -0.15) is 0 Å². The highest BCUT2D eigenvalue weighted by Crippen LogP contribution is 2.10. The molecule has 5 heteroatoms. The first kappa shape index (κ1) is 15.2. The van der Waals surface area contributed by atoms with Crippen LogP contribution in [0.3, 0.4) is 0 Å². The Kier molecular flexibility index (Phi) is 6.02. The average Bonchev–Trinajstić information content (AvgIpc) is 2.35. The van der Waals surface area contributed by atoms with E-state index in [-0.39, 0.29) is 24.3 Å². The Hall–Kier alpha value is -1.88. The number of benzene rings is 1. The van der Waals surface area contributed by atoms with E-state index in [4.69, 9.17) is 5.73 Å². The van der Waals surface area contributed by atoms with Crippen molar-refractivity contribution in [2.75, 3.05) is 11.9 Å². The van der Waals surface area contributed by atoms with E-state index >= 15 is 0 Å². The lowest BCUT2D eigenvalue weighted by atomic mass is 10.2. The second-order valence-electron chi connectivity index (χ2n) is 4.56. The van der Waals surface area contributed by atoms with E-state index < -0.39 is 0 Å². The molecule has 2 amide bonds. The van der Waals surface area contributed by atoms with Gasteiger partial charge in [0.05, 0.1) is 0 Å². The topological polar surface area (TPSA) is 84.2 Å². The molecule has 0 radical (unpaired) electrons. The Morgan fingerprint density at radius 1 is 1.26 bits per heavy atom. The summed E-state index contributed by atoms with van der Waals surface area (Å²) in [6, 6.07) is 6.62. The summed E-state index contributed by atoms with van der Waals surface area (Å²) in [6.07, 6.45) is 1.18. The van der Waals surface area contributed by atoms with Gasteiger partial charge in [0.15, 0.2) is 0 Å². The summed E-state index contributed by atoms with van der Waals surface area (Å²) >= 11 is 0. The van der Waals surface area contributed by atoms with Crippen LogP contribution in [0.1, 0.15) is 37.0 Å². The predicted octanol–water partition coefficient (Wildman–Crippen LogP) is 1.50. The summed E-state index contributed by atoms with van der Waals surface area (Å²) in [5.74, 6) is -0.228. The van der Waals surface area contributed by atoms with Gasteiger partial charge >= 0.3 is 0 Å². The first-order valence-electron chi connectivity index (χ1n) is 6.46. The number of nitrogens with one attached hydrogen (secondary N) is 2. The first-order valence-corrected chi connectivity index (χ1v) is 6.46. The van der Waals surface area contributed by atoms with Crippen LogP contribution in [-0.2, 0) is 4.79 Å². The molecule has 1 aromatic carbocycles. The highest BCUT2D eigenvalue weighted by Gasteiger charge is 2.07. The molecule has 1 atom stereocenters. The van der Waals surface area contributed by atoms with Crippen LogP contribution >= 0.6 is 0 Å². The molecule has 5 nitrogen and oxygen atoms in total. The van der Waals surface area contributed by atoms with E-state index in [0.29, 0.717) is 17.8 Å². The number of hydrogen-bond acceptors (Lipinski definition) is 3. The van der Waals surface area contributed by atoms with E-state index in [1.807, 2.05) is 6.92 Å². The van der Waals surface area contributed by atoms with Gasteiger partial charge in [-0.1, -0.05) is 6.92 Å². The molecule has 104 valence electrons. The van der Waals surface area contributed by atoms with Crippen molar-refractivity contribution in [3.05, 3.63) is 29.8 Å². The smallest absolute Gasteiger partial charge is 0.251 e. The molecule has 19 heavy (non-hydrogen) atoms. The number of carbonyl (C=O) groups excluding carboxylic acids is 2. The predicted molar refractivity (Wildman–Crippen MR) is 76.0 cm³/mol. The second-order valence-corrected chi connectivity index (χ2v) is 4.56. The molecule has 0 aliphatic rings. The van der Waals surface area contributed by atoms with Crippen LogP contribution in [0.2, 0.25) is 0 Å². The van der Waals surface area contributed by atoms with Gasteiger partial charge in [0.25, 0.3) is 5.91 Å². The van der Waals surface area contributed by atoms with Gasteiger partial charge < -0.3 is 16.4 Å². The molecule has 1 unspecified atom stereocenters.